The fourth-order valence-corrected chi connectivity index (χ4v) is 3.86. The van der Waals surface area contributed by atoms with E-state index in [1.165, 1.54) is 28.6 Å². The summed E-state index contributed by atoms with van der Waals surface area (Å²) < 4.78 is 26.6. The van der Waals surface area contributed by atoms with Gasteiger partial charge in [0.1, 0.15) is 5.75 Å². The van der Waals surface area contributed by atoms with Crippen molar-refractivity contribution >= 4 is 21.5 Å². The molecule has 21 heavy (non-hydrogen) atoms. The third-order valence-electron chi connectivity index (χ3n) is 3.44. The molecule has 2 aromatic carbocycles. The van der Waals surface area contributed by atoms with Crippen LogP contribution in [0.15, 0.2) is 53.4 Å². The lowest BCUT2D eigenvalue weighted by atomic mass is 10.0. The molecule has 0 aromatic heterocycles. The SMILES string of the molecule is O=C1CCN(S(=O)(=O)c2ccc(O)cc2)c2ccccc21. The van der Waals surface area contributed by atoms with E-state index in [0.717, 1.165) is 0 Å². The average molecular weight is 303 g/mol. The number of sulfonamides is 1. The van der Waals surface area contributed by atoms with Crippen LogP contribution in [0, 0.1) is 0 Å². The monoisotopic (exact) mass is 303 g/mol. The molecule has 6 heteroatoms. The molecule has 0 radical (unpaired) electrons. The molecular weight excluding hydrogens is 290 g/mol. The molecule has 3 rings (SSSR count). The van der Waals surface area contributed by atoms with Gasteiger partial charge in [0.2, 0.25) is 0 Å². The second kappa shape index (κ2) is 4.89. The Labute approximate surface area is 122 Å². The van der Waals surface area contributed by atoms with Crippen molar-refractivity contribution in [3.8, 4) is 5.75 Å². The molecule has 0 saturated carbocycles. The first kappa shape index (κ1) is 13.6. The number of carbonyl (C=O) groups is 1. The van der Waals surface area contributed by atoms with Gasteiger partial charge in [0.25, 0.3) is 10.0 Å². The number of phenolic OH excluding ortho intramolecular Hbond substituents is 1. The molecule has 1 heterocycles. The number of para-hydroxylation sites is 1. The van der Waals surface area contributed by atoms with E-state index in [-0.39, 0.29) is 29.4 Å². The van der Waals surface area contributed by atoms with E-state index in [9.17, 15) is 18.3 Å². The van der Waals surface area contributed by atoms with Crippen molar-refractivity contribution in [3.05, 3.63) is 54.1 Å². The van der Waals surface area contributed by atoms with Gasteiger partial charge in [-0.3, -0.25) is 9.10 Å². The summed E-state index contributed by atoms with van der Waals surface area (Å²) >= 11 is 0. The van der Waals surface area contributed by atoms with Gasteiger partial charge in [0.15, 0.2) is 5.78 Å². The number of nitrogens with zero attached hydrogens (tertiary/aromatic N) is 1. The third-order valence-corrected chi connectivity index (χ3v) is 5.27. The van der Waals surface area contributed by atoms with E-state index in [4.69, 9.17) is 0 Å². The summed E-state index contributed by atoms with van der Waals surface area (Å²) in [7, 11) is -3.75. The Balaban J connectivity index is 2.10. The van der Waals surface area contributed by atoms with Gasteiger partial charge in [-0.2, -0.15) is 0 Å². The summed E-state index contributed by atoms with van der Waals surface area (Å²) in [5.41, 5.74) is 0.827. The molecule has 0 atom stereocenters. The van der Waals surface area contributed by atoms with E-state index in [0.29, 0.717) is 11.3 Å². The van der Waals surface area contributed by atoms with E-state index < -0.39 is 10.0 Å². The molecule has 0 unspecified atom stereocenters. The van der Waals surface area contributed by atoms with Crippen molar-refractivity contribution in [2.75, 3.05) is 10.8 Å². The summed E-state index contributed by atoms with van der Waals surface area (Å²) in [4.78, 5) is 12.0. The standard InChI is InChI=1S/C15H13NO4S/c17-11-5-7-12(8-6-11)21(19,20)16-10-9-15(18)13-3-1-2-4-14(13)16/h1-8,17H,9-10H2. The van der Waals surface area contributed by atoms with E-state index >= 15 is 0 Å². The number of Topliss-reactive ketones (excluding diaryl/α,β-unsaturated/α-hetero) is 1. The van der Waals surface area contributed by atoms with Crippen molar-refractivity contribution in [1.29, 1.82) is 0 Å². The Morgan fingerprint density at radius 1 is 1.00 bits per heavy atom. The van der Waals surface area contributed by atoms with E-state index in [1.54, 1.807) is 24.3 Å². The fourth-order valence-electron chi connectivity index (χ4n) is 2.38. The lowest BCUT2D eigenvalue weighted by Crippen LogP contribution is -2.37. The highest BCUT2D eigenvalue weighted by Crippen LogP contribution is 2.32. The summed E-state index contributed by atoms with van der Waals surface area (Å²) in [5, 5.41) is 9.27. The lowest BCUT2D eigenvalue weighted by molar-refractivity contribution is 0.0982. The van der Waals surface area contributed by atoms with Gasteiger partial charge in [-0.25, -0.2) is 8.42 Å². The normalized spacial score (nSPS) is 14.9. The second-order valence-electron chi connectivity index (χ2n) is 4.76. The molecule has 1 N–H and O–H groups in total. The molecule has 1 aliphatic rings. The third kappa shape index (κ3) is 2.27. The first-order chi connectivity index (χ1) is 10.00. The van der Waals surface area contributed by atoms with Gasteiger partial charge in [-0.05, 0) is 36.4 Å². The van der Waals surface area contributed by atoms with Crippen LogP contribution in [-0.4, -0.2) is 25.9 Å². The maximum absolute atomic E-state index is 12.7. The molecule has 0 fully saturated rings. The number of ketones is 1. The highest BCUT2D eigenvalue weighted by Gasteiger charge is 2.31. The van der Waals surface area contributed by atoms with Crippen LogP contribution in [0.3, 0.4) is 0 Å². The van der Waals surface area contributed by atoms with Gasteiger partial charge in [-0.1, -0.05) is 12.1 Å². The molecule has 1 aliphatic heterocycles. The predicted molar refractivity (Wildman–Crippen MR) is 78.0 cm³/mol. The Kier molecular flexibility index (Phi) is 3.17. The highest BCUT2D eigenvalue weighted by atomic mass is 32.2. The number of rotatable bonds is 2. The maximum atomic E-state index is 12.7. The summed E-state index contributed by atoms with van der Waals surface area (Å²) in [6.07, 6.45) is 0.161. The Morgan fingerprint density at radius 2 is 1.67 bits per heavy atom. The van der Waals surface area contributed by atoms with Crippen LogP contribution in [0.1, 0.15) is 16.8 Å². The molecular formula is C15H13NO4S. The second-order valence-corrected chi connectivity index (χ2v) is 6.62. The van der Waals surface area contributed by atoms with Crippen LogP contribution >= 0.6 is 0 Å². The summed E-state index contributed by atoms with van der Waals surface area (Å²) in [6, 6.07) is 12.0. The molecule has 2 aromatic rings. The average Bonchev–Trinajstić information content (AvgIpc) is 2.48. The van der Waals surface area contributed by atoms with E-state index in [2.05, 4.69) is 0 Å². The predicted octanol–water partition coefficient (Wildman–Crippen LogP) is 2.17. The van der Waals surface area contributed by atoms with Crippen molar-refractivity contribution in [3.63, 3.8) is 0 Å². The number of aromatic hydroxyl groups is 1. The highest BCUT2D eigenvalue weighted by molar-refractivity contribution is 7.92. The quantitative estimate of drug-likeness (QED) is 0.922. The van der Waals surface area contributed by atoms with Crippen molar-refractivity contribution < 1.29 is 18.3 Å². The van der Waals surface area contributed by atoms with Crippen molar-refractivity contribution in [2.45, 2.75) is 11.3 Å². The Morgan fingerprint density at radius 3 is 2.38 bits per heavy atom. The van der Waals surface area contributed by atoms with Crippen LogP contribution in [0.25, 0.3) is 0 Å². The molecule has 0 bridgehead atoms. The van der Waals surface area contributed by atoms with Gasteiger partial charge >= 0.3 is 0 Å². The van der Waals surface area contributed by atoms with E-state index in [1.807, 2.05) is 0 Å². The number of anilines is 1. The lowest BCUT2D eigenvalue weighted by Gasteiger charge is -2.29. The van der Waals surface area contributed by atoms with Crippen LogP contribution in [0.4, 0.5) is 5.69 Å². The minimum Gasteiger partial charge on any atom is -0.508 e. The largest absolute Gasteiger partial charge is 0.508 e. The minimum atomic E-state index is -3.75. The van der Waals surface area contributed by atoms with Crippen molar-refractivity contribution in [2.24, 2.45) is 0 Å². The topological polar surface area (TPSA) is 74.7 Å². The summed E-state index contributed by atoms with van der Waals surface area (Å²) in [6.45, 7) is 0.124. The van der Waals surface area contributed by atoms with Crippen molar-refractivity contribution in [1.82, 2.24) is 0 Å². The van der Waals surface area contributed by atoms with Crippen LogP contribution in [0.5, 0.6) is 5.75 Å². The fraction of sp³-hybridized carbons (Fsp3) is 0.133. The molecule has 108 valence electrons. The first-order valence-electron chi connectivity index (χ1n) is 6.44. The Bertz CT molecular complexity index is 797. The molecule has 0 saturated heterocycles. The molecule has 5 nitrogen and oxygen atoms in total. The molecule has 0 aliphatic carbocycles. The van der Waals surface area contributed by atoms with Crippen LogP contribution in [0.2, 0.25) is 0 Å². The molecule has 0 spiro atoms. The number of phenols is 1. The zero-order chi connectivity index (χ0) is 15.0. The first-order valence-corrected chi connectivity index (χ1v) is 7.88. The number of hydrogen-bond acceptors (Lipinski definition) is 4. The van der Waals surface area contributed by atoms with Crippen LogP contribution in [-0.2, 0) is 10.0 Å². The zero-order valence-electron chi connectivity index (χ0n) is 11.1. The van der Waals surface area contributed by atoms with Crippen LogP contribution < -0.4 is 4.31 Å². The summed E-state index contributed by atoms with van der Waals surface area (Å²) in [5.74, 6) is -0.0501. The van der Waals surface area contributed by atoms with Gasteiger partial charge < -0.3 is 5.11 Å². The zero-order valence-corrected chi connectivity index (χ0v) is 11.9. The van der Waals surface area contributed by atoms with Gasteiger partial charge in [0, 0.05) is 18.5 Å². The number of carbonyl (C=O) groups excluding carboxylic acids is 1. The van der Waals surface area contributed by atoms with Gasteiger partial charge in [0.05, 0.1) is 10.6 Å². The smallest absolute Gasteiger partial charge is 0.264 e. The minimum absolute atomic E-state index is 0.00294. The maximum Gasteiger partial charge on any atom is 0.264 e. The molecule has 0 amide bonds. The Hall–Kier alpha value is -2.34. The van der Waals surface area contributed by atoms with Gasteiger partial charge in [-0.15, -0.1) is 0 Å². The number of hydrogen-bond donors (Lipinski definition) is 1. The number of benzene rings is 2. The number of fused-ring (bicyclic) bond motifs is 1.